The zero-order valence-corrected chi connectivity index (χ0v) is 25.4. The summed E-state index contributed by atoms with van der Waals surface area (Å²) in [6, 6.07) is 16.9. The van der Waals surface area contributed by atoms with Crippen LogP contribution in [0, 0.1) is 24.0 Å². The Kier molecular flexibility index (Phi) is 10.7. The number of terminal acetylenes is 1. The smallest absolute Gasteiger partial charge is 0.251 e. The second-order valence-corrected chi connectivity index (χ2v) is 12.0. The normalized spacial score (nSPS) is 14.5. The molecule has 1 fully saturated rings. The summed E-state index contributed by atoms with van der Waals surface area (Å²) in [5, 5.41) is 6.81. The molecule has 1 aliphatic carbocycles. The fraction of sp³-hybridized carbons (Fsp3) is 0.382. The van der Waals surface area contributed by atoms with Crippen LogP contribution in [-0.4, -0.2) is 37.0 Å². The van der Waals surface area contributed by atoms with Gasteiger partial charge in [0.1, 0.15) is 11.6 Å². The Balaban J connectivity index is 1.47. The molecule has 0 saturated heterocycles. The van der Waals surface area contributed by atoms with E-state index >= 15 is 0 Å². The van der Waals surface area contributed by atoms with Crippen molar-refractivity contribution in [1.29, 1.82) is 0 Å². The Labute approximate surface area is 251 Å². The Bertz CT molecular complexity index is 1380. The Morgan fingerprint density at radius 2 is 1.85 bits per heavy atom. The first-order valence-electron chi connectivity index (χ1n) is 14.3. The van der Waals surface area contributed by atoms with E-state index in [0.717, 1.165) is 66.0 Å². The number of hydrogen-bond donors (Lipinski definition) is 2. The molecule has 0 heterocycles. The van der Waals surface area contributed by atoms with E-state index in [-0.39, 0.29) is 17.5 Å². The van der Waals surface area contributed by atoms with Crippen molar-refractivity contribution in [1.82, 2.24) is 15.5 Å². The maximum atomic E-state index is 14.0. The number of rotatable bonds is 14. The van der Waals surface area contributed by atoms with E-state index in [9.17, 15) is 13.6 Å². The molecule has 1 aliphatic rings. The Morgan fingerprint density at radius 1 is 1.10 bits per heavy atom. The van der Waals surface area contributed by atoms with Crippen molar-refractivity contribution >= 4 is 21.8 Å². The third-order valence-corrected chi connectivity index (χ3v) is 8.05. The lowest BCUT2D eigenvalue weighted by Gasteiger charge is -2.23. The molecule has 1 saturated carbocycles. The molecule has 0 bridgehead atoms. The molecule has 0 radical (unpaired) electrons. The maximum absolute atomic E-state index is 14.0. The molecule has 1 amide bonds. The number of nitrogens with zero attached hydrogens (tertiary/aromatic N) is 1. The summed E-state index contributed by atoms with van der Waals surface area (Å²) < 4.78 is 28.8. The Morgan fingerprint density at radius 3 is 2.54 bits per heavy atom. The average molecular weight is 623 g/mol. The minimum absolute atomic E-state index is 0.130. The number of hydrogen-bond acceptors (Lipinski definition) is 3. The highest BCUT2D eigenvalue weighted by atomic mass is 79.9. The van der Waals surface area contributed by atoms with Crippen LogP contribution in [0.3, 0.4) is 0 Å². The molecule has 0 aromatic heterocycles. The number of halogens is 3. The second-order valence-electron chi connectivity index (χ2n) is 11.1. The minimum atomic E-state index is -0.627. The summed E-state index contributed by atoms with van der Waals surface area (Å²) in [6.07, 6.45) is 10.7. The van der Waals surface area contributed by atoms with Gasteiger partial charge in [0.15, 0.2) is 0 Å². The quantitative estimate of drug-likeness (QED) is 0.191. The van der Waals surface area contributed by atoms with Gasteiger partial charge >= 0.3 is 0 Å². The molecule has 4 nitrogen and oxygen atoms in total. The van der Waals surface area contributed by atoms with E-state index in [0.29, 0.717) is 30.5 Å². The number of benzene rings is 3. The van der Waals surface area contributed by atoms with Crippen LogP contribution in [0.2, 0.25) is 0 Å². The summed E-state index contributed by atoms with van der Waals surface area (Å²) in [5.74, 6) is 1.23. The SMILES string of the molecule is C#Cc1cccc(C2(NCC[C@H](Cc3cc(F)cc(F)c3)NC(=O)c3cc(Br)cc(CN(C)CCCC)c3)CC2)c1. The van der Waals surface area contributed by atoms with E-state index in [1.807, 2.05) is 30.3 Å². The van der Waals surface area contributed by atoms with Crippen LogP contribution in [0.15, 0.2) is 65.1 Å². The highest BCUT2D eigenvalue weighted by molar-refractivity contribution is 9.10. The fourth-order valence-electron chi connectivity index (χ4n) is 5.28. The molecule has 3 aromatic rings. The van der Waals surface area contributed by atoms with Gasteiger partial charge in [-0.05, 0) is 111 Å². The molecule has 216 valence electrons. The van der Waals surface area contributed by atoms with Gasteiger partial charge in [0.2, 0.25) is 0 Å². The first-order chi connectivity index (χ1) is 19.7. The summed E-state index contributed by atoms with van der Waals surface area (Å²) >= 11 is 3.56. The van der Waals surface area contributed by atoms with Crippen molar-refractivity contribution in [3.05, 3.63) is 105 Å². The predicted molar refractivity (Wildman–Crippen MR) is 165 cm³/mol. The highest BCUT2D eigenvalue weighted by Crippen LogP contribution is 2.45. The minimum Gasteiger partial charge on any atom is -0.349 e. The number of carbonyl (C=O) groups is 1. The standard InChI is InChI=1S/C34H38BrF2N3O/c1-4-6-14-40(3)23-26-15-27(21-29(35)17-26)33(41)39-32(20-25-18-30(36)22-31(37)19-25)10-13-38-34(11-12-34)28-9-7-8-24(5-2)16-28/h2,7-9,15-19,21-22,32,38H,4,6,10-14,20,23H2,1,3H3,(H,39,41)/t32-/m1/s1. The monoisotopic (exact) mass is 621 g/mol. The van der Waals surface area contributed by atoms with Gasteiger partial charge in [0.25, 0.3) is 5.91 Å². The van der Waals surface area contributed by atoms with Gasteiger partial charge in [-0.3, -0.25) is 4.79 Å². The van der Waals surface area contributed by atoms with Gasteiger partial charge in [-0.2, -0.15) is 0 Å². The van der Waals surface area contributed by atoms with Gasteiger partial charge in [-0.15, -0.1) is 6.42 Å². The van der Waals surface area contributed by atoms with Gasteiger partial charge in [0.05, 0.1) is 0 Å². The number of amides is 1. The lowest BCUT2D eigenvalue weighted by atomic mass is 10.00. The van der Waals surface area contributed by atoms with Crippen LogP contribution in [-0.2, 0) is 18.5 Å². The summed E-state index contributed by atoms with van der Waals surface area (Å²) in [6.45, 7) is 4.51. The van der Waals surface area contributed by atoms with Crippen molar-refractivity contribution < 1.29 is 13.6 Å². The van der Waals surface area contributed by atoms with Gasteiger partial charge in [-0.1, -0.05) is 47.3 Å². The van der Waals surface area contributed by atoms with Crippen molar-refractivity contribution in [2.75, 3.05) is 20.1 Å². The Hall–Kier alpha value is -3.05. The molecular formula is C34H38BrF2N3O. The van der Waals surface area contributed by atoms with E-state index in [1.165, 1.54) is 12.1 Å². The van der Waals surface area contributed by atoms with Crippen LogP contribution >= 0.6 is 15.9 Å². The van der Waals surface area contributed by atoms with Gasteiger partial charge < -0.3 is 15.5 Å². The molecule has 41 heavy (non-hydrogen) atoms. The third-order valence-electron chi connectivity index (χ3n) is 7.59. The lowest BCUT2D eigenvalue weighted by Crippen LogP contribution is -2.40. The van der Waals surface area contributed by atoms with Crippen LogP contribution in [0.4, 0.5) is 8.78 Å². The average Bonchev–Trinajstić information content (AvgIpc) is 3.72. The van der Waals surface area contributed by atoms with Gasteiger partial charge in [0, 0.05) is 39.8 Å². The first-order valence-corrected chi connectivity index (χ1v) is 15.0. The zero-order valence-electron chi connectivity index (χ0n) is 23.8. The lowest BCUT2D eigenvalue weighted by molar-refractivity contribution is 0.0934. The molecule has 3 aromatic carbocycles. The highest BCUT2D eigenvalue weighted by Gasteiger charge is 2.43. The van der Waals surface area contributed by atoms with Crippen molar-refractivity contribution in [3.8, 4) is 12.3 Å². The third kappa shape index (κ3) is 8.97. The molecule has 1 atom stereocenters. The summed E-state index contributed by atoms with van der Waals surface area (Å²) in [4.78, 5) is 15.7. The summed E-state index contributed by atoms with van der Waals surface area (Å²) in [7, 11) is 2.08. The zero-order chi connectivity index (χ0) is 29.4. The molecule has 7 heteroatoms. The van der Waals surface area contributed by atoms with Crippen LogP contribution in [0.25, 0.3) is 0 Å². The molecule has 0 unspecified atom stereocenters. The van der Waals surface area contributed by atoms with Crippen molar-refractivity contribution in [2.24, 2.45) is 0 Å². The summed E-state index contributed by atoms with van der Waals surface area (Å²) in [5.41, 5.74) is 3.97. The predicted octanol–water partition coefficient (Wildman–Crippen LogP) is 6.95. The first kappa shape index (κ1) is 30.9. The van der Waals surface area contributed by atoms with Crippen LogP contribution < -0.4 is 10.6 Å². The van der Waals surface area contributed by atoms with E-state index in [2.05, 4.69) is 57.4 Å². The van der Waals surface area contributed by atoms with Crippen molar-refractivity contribution in [3.63, 3.8) is 0 Å². The van der Waals surface area contributed by atoms with E-state index in [1.54, 1.807) is 6.07 Å². The molecule has 2 N–H and O–H groups in total. The molecular weight excluding hydrogens is 584 g/mol. The second kappa shape index (κ2) is 14.2. The molecule has 4 rings (SSSR count). The molecule has 0 spiro atoms. The largest absolute Gasteiger partial charge is 0.349 e. The number of nitrogens with one attached hydrogen (secondary N) is 2. The van der Waals surface area contributed by atoms with Crippen LogP contribution in [0.5, 0.6) is 0 Å². The molecule has 0 aliphatic heterocycles. The number of carbonyl (C=O) groups excluding carboxylic acids is 1. The van der Waals surface area contributed by atoms with Crippen LogP contribution in [0.1, 0.15) is 71.6 Å². The van der Waals surface area contributed by atoms with E-state index < -0.39 is 11.6 Å². The van der Waals surface area contributed by atoms with Gasteiger partial charge in [-0.25, -0.2) is 8.78 Å². The van der Waals surface area contributed by atoms with E-state index in [4.69, 9.17) is 6.42 Å². The maximum Gasteiger partial charge on any atom is 0.251 e. The number of unbranched alkanes of at least 4 members (excludes halogenated alkanes) is 1. The topological polar surface area (TPSA) is 44.4 Å². The fourth-order valence-corrected chi connectivity index (χ4v) is 5.82. The van der Waals surface area contributed by atoms with Crippen molar-refractivity contribution in [2.45, 2.75) is 63.6 Å².